The highest BCUT2D eigenvalue weighted by molar-refractivity contribution is 9.69. The largest absolute Gasteiger partial charge is 0.445 e. The van der Waals surface area contributed by atoms with Gasteiger partial charge in [-0.3, -0.25) is 0 Å². The number of hydrogen-bond donors (Lipinski definition) is 4. The van der Waals surface area contributed by atoms with E-state index in [1.807, 2.05) is 36.4 Å². The van der Waals surface area contributed by atoms with E-state index in [0.29, 0.717) is 34.9 Å². The molecule has 4 aliphatic carbocycles. The van der Waals surface area contributed by atoms with Gasteiger partial charge in [0.1, 0.15) is 6.61 Å². The Hall–Kier alpha value is -3.79. The summed E-state index contributed by atoms with van der Waals surface area (Å²) in [4.78, 5) is 30.8. The summed E-state index contributed by atoms with van der Waals surface area (Å²) in [6.45, 7) is 6.74. The first-order valence-corrected chi connectivity index (χ1v) is 25.8. The lowest BCUT2D eigenvalue weighted by Crippen LogP contribution is -2.51. The third-order valence-corrected chi connectivity index (χ3v) is 12.5. The van der Waals surface area contributed by atoms with Gasteiger partial charge in [0, 0.05) is 35.7 Å². The van der Waals surface area contributed by atoms with E-state index in [1.54, 1.807) is 19.3 Å². The molecule has 4 unspecified atom stereocenters. The van der Waals surface area contributed by atoms with Crippen molar-refractivity contribution in [3.05, 3.63) is 153 Å². The third kappa shape index (κ3) is 14.6. The molecule has 2 saturated carbocycles. The van der Waals surface area contributed by atoms with Crippen molar-refractivity contribution in [2.75, 3.05) is 10.6 Å². The summed E-state index contributed by atoms with van der Waals surface area (Å²) >= 11 is 22.2. The minimum Gasteiger partial charge on any atom is -0.445 e. The molecule has 10 nitrogen and oxygen atoms in total. The van der Waals surface area contributed by atoms with Gasteiger partial charge in [0.05, 0.1) is 33.8 Å². The van der Waals surface area contributed by atoms with E-state index in [4.69, 9.17) is 45.0 Å². The fraction of sp³-hybridized carbons (Fsp3) is 0.380. The van der Waals surface area contributed by atoms with Gasteiger partial charge in [-0.05, 0) is 106 Å². The number of allylic oxidation sites excluding steroid dienone is 2. The van der Waals surface area contributed by atoms with Crippen LogP contribution < -0.4 is 21.7 Å². The van der Waals surface area contributed by atoms with Crippen molar-refractivity contribution < 1.29 is 10.9 Å². The van der Waals surface area contributed by atoms with Crippen LogP contribution in [0.25, 0.3) is 11.1 Å². The Balaban J connectivity index is 0.000000202. The van der Waals surface area contributed by atoms with Gasteiger partial charge in [0.25, 0.3) is 0 Å². The number of halogens is 5. The predicted octanol–water partition coefficient (Wildman–Crippen LogP) is 13.5. The first-order valence-electron chi connectivity index (χ1n) is 23.0. The fourth-order valence-electron chi connectivity index (χ4n) is 9.00. The summed E-state index contributed by atoms with van der Waals surface area (Å²) in [5.74, 6) is 1.18. The zero-order valence-electron chi connectivity index (χ0n) is 38.6. The SMILES string of the molecule is BrB(Br)Br.CC1(N)CCCC(Nc2ncc(Cl)c(C3=CCc4ccccc43)n2)C1.CC1(NC(=O)OCc2ccccc2)CCCC(Nc2ncc(Cl)c(C3=CCc4ccccc43)n2)C1.[2H]CC. The molecule has 0 spiro atoms. The lowest BCUT2D eigenvalue weighted by atomic mass is 9.80. The molecule has 5 aromatic rings. The number of alkyl carbamates (subject to hydrolysis) is 1. The molecule has 2 aromatic heterocycles. The van der Waals surface area contributed by atoms with Crippen LogP contribution in [0.4, 0.5) is 16.7 Å². The number of benzene rings is 3. The molecule has 0 aliphatic heterocycles. The average Bonchev–Trinajstić information content (AvgIpc) is 3.92. The monoisotopic (exact) mass is 1120 g/mol. The topological polar surface area (TPSA) is 140 Å². The standard InChI is InChI=1S/C28H29ClN4O2.C20H23ClN4.C2H6.BBr3/c1-28(33-27(34)35-18-19-8-3-2-4-9-19)15-7-11-21(16-28)31-26-30-17-24(29)25(32-26)23-14-13-20-10-5-6-12-22(20)23;1-20(22)10-4-6-14(11-20)24-19-23-12-17(21)18(25-19)16-9-8-13-5-2-3-7-15(13)16;1-2;2-1(3)4/h2-6,8-10,12,14,17,21H,7,11,13,15-16,18H2,1H3,(H,33,34)(H,30,31,32);2-3,5,7,9,12,14H,4,6,8,10-11,22H2,1H3,(H,23,24,25);1-2H3;/i;;1D;. The number of nitrogens with two attached hydrogens (primary N) is 1. The maximum Gasteiger partial charge on any atom is 0.407 e. The summed E-state index contributed by atoms with van der Waals surface area (Å²) in [5, 5.41) is 11.2. The Kier molecular flexibility index (Phi) is 18.6. The summed E-state index contributed by atoms with van der Waals surface area (Å²) < 4.78 is 11.9. The molecule has 9 rings (SSSR count). The van der Waals surface area contributed by atoms with Gasteiger partial charge < -0.3 is 26.4 Å². The second-order valence-electron chi connectivity index (χ2n) is 17.3. The Morgan fingerprint density at radius 1 is 0.788 bits per heavy atom. The Labute approximate surface area is 426 Å². The van der Waals surface area contributed by atoms with Gasteiger partial charge in [-0.25, -0.2) is 24.7 Å². The maximum atomic E-state index is 12.5. The fourth-order valence-corrected chi connectivity index (χ4v) is 9.39. The molecule has 3 aromatic carbocycles. The molecule has 5 N–H and O–H groups in total. The molecule has 1 amide bonds. The number of nitrogens with zero attached hydrogens (tertiary/aromatic N) is 4. The van der Waals surface area contributed by atoms with Gasteiger partial charge in [-0.15, -0.1) is 47.3 Å². The molecule has 66 heavy (non-hydrogen) atoms. The van der Waals surface area contributed by atoms with E-state index in [0.717, 1.165) is 92.3 Å². The van der Waals surface area contributed by atoms with Gasteiger partial charge in [0.15, 0.2) is 0 Å². The molecular formula is C50H58BBr3Cl2N8O2. The second kappa shape index (κ2) is 24.5. The van der Waals surface area contributed by atoms with Crippen LogP contribution in [0.15, 0.2) is 103 Å². The molecule has 2 heterocycles. The summed E-state index contributed by atoms with van der Waals surface area (Å²) in [7, 11) is 0. The van der Waals surface area contributed by atoms with Crippen LogP contribution in [0.5, 0.6) is 0 Å². The summed E-state index contributed by atoms with van der Waals surface area (Å²) in [6.07, 6.45) is 16.9. The van der Waals surface area contributed by atoms with Gasteiger partial charge in [0.2, 0.25) is 11.9 Å². The van der Waals surface area contributed by atoms with Crippen molar-refractivity contribution in [1.82, 2.24) is 25.3 Å². The molecule has 4 atom stereocenters. The van der Waals surface area contributed by atoms with Crippen LogP contribution in [0.1, 0.15) is 120 Å². The molecule has 0 bridgehead atoms. The van der Waals surface area contributed by atoms with E-state index in [1.165, 1.54) is 22.3 Å². The van der Waals surface area contributed by atoms with Crippen LogP contribution in [0.2, 0.25) is 10.0 Å². The van der Waals surface area contributed by atoms with Gasteiger partial charge in [-0.2, -0.15) is 0 Å². The van der Waals surface area contributed by atoms with Crippen molar-refractivity contribution in [3.8, 4) is 0 Å². The van der Waals surface area contributed by atoms with Crippen molar-refractivity contribution in [2.45, 2.75) is 122 Å². The maximum absolute atomic E-state index is 12.5. The number of rotatable bonds is 9. The van der Waals surface area contributed by atoms with Crippen molar-refractivity contribution in [3.63, 3.8) is 0 Å². The predicted molar refractivity (Wildman–Crippen MR) is 285 cm³/mol. The van der Waals surface area contributed by atoms with E-state index in [-0.39, 0.29) is 26.9 Å². The first kappa shape index (κ1) is 50.1. The highest BCUT2D eigenvalue weighted by atomic mass is 79.9. The highest BCUT2D eigenvalue weighted by Crippen LogP contribution is 2.37. The lowest BCUT2D eigenvalue weighted by Gasteiger charge is -2.38. The normalized spacial score (nSPS) is 21.5. The first-order chi connectivity index (χ1) is 32.2. The Morgan fingerprint density at radius 3 is 1.77 bits per heavy atom. The third-order valence-electron chi connectivity index (χ3n) is 11.9. The van der Waals surface area contributed by atoms with Crippen molar-refractivity contribution >= 4 is 103 Å². The van der Waals surface area contributed by atoms with E-state index in [2.05, 4.69) is 142 Å². The van der Waals surface area contributed by atoms with Crippen LogP contribution in [-0.2, 0) is 24.2 Å². The van der Waals surface area contributed by atoms with Crippen molar-refractivity contribution in [2.24, 2.45) is 5.73 Å². The lowest BCUT2D eigenvalue weighted by molar-refractivity contribution is 0.120. The molecule has 0 radical (unpaired) electrons. The van der Waals surface area contributed by atoms with Gasteiger partial charge >= 0.3 is 9.28 Å². The summed E-state index contributed by atoms with van der Waals surface area (Å²) in [5.41, 5.74) is 15.5. The van der Waals surface area contributed by atoms with Crippen LogP contribution in [-0.4, -0.2) is 52.4 Å². The van der Waals surface area contributed by atoms with Crippen molar-refractivity contribution in [1.29, 1.82) is 0 Å². The average molecular weight is 1130 g/mol. The van der Waals surface area contributed by atoms with E-state index >= 15 is 0 Å². The molecule has 0 saturated heterocycles. The number of nitrogens with one attached hydrogen (secondary N) is 3. The Bertz CT molecular complexity index is 2500. The zero-order valence-corrected chi connectivity index (χ0v) is 43.9. The highest BCUT2D eigenvalue weighted by Gasteiger charge is 2.35. The number of hydrogen-bond acceptors (Lipinski definition) is 9. The van der Waals surface area contributed by atoms with Gasteiger partial charge in [-0.1, -0.05) is 128 Å². The smallest absolute Gasteiger partial charge is 0.407 e. The number of amides is 1. The van der Waals surface area contributed by atoms with Crippen LogP contribution in [0.3, 0.4) is 0 Å². The number of ether oxygens (including phenoxy) is 1. The number of carbonyl (C=O) groups excluding carboxylic acids is 1. The number of carbonyl (C=O) groups is 1. The Morgan fingerprint density at radius 2 is 1.26 bits per heavy atom. The van der Waals surface area contributed by atoms with Crippen LogP contribution in [0, 0.1) is 0 Å². The number of aromatic nitrogens is 4. The molecular weight excluding hydrogens is 1070 g/mol. The van der Waals surface area contributed by atoms with Crippen LogP contribution >= 0.6 is 70.5 Å². The molecule has 348 valence electrons. The summed E-state index contributed by atoms with van der Waals surface area (Å²) in [6, 6.07) is 26.8. The molecule has 2 fully saturated rings. The zero-order chi connectivity index (χ0) is 48.0. The molecule has 4 aliphatic rings. The quantitative estimate of drug-likeness (QED) is 0.106. The van der Waals surface area contributed by atoms with E-state index in [9.17, 15) is 4.79 Å². The minimum atomic E-state index is -0.395. The molecule has 16 heteroatoms. The minimum absolute atomic E-state index is 0.113. The number of anilines is 2. The van der Waals surface area contributed by atoms with E-state index < -0.39 is 6.09 Å². The second-order valence-corrected chi connectivity index (χ2v) is 24.5. The number of fused-ring (bicyclic) bond motifs is 2.